The van der Waals surface area contributed by atoms with E-state index in [4.69, 9.17) is 4.52 Å². The van der Waals surface area contributed by atoms with Crippen molar-refractivity contribution in [3.05, 3.63) is 69.8 Å². The second-order valence-electron chi connectivity index (χ2n) is 13.3. The molecule has 2 aromatic rings. The summed E-state index contributed by atoms with van der Waals surface area (Å²) in [7, 11) is -2.54. The van der Waals surface area contributed by atoms with Crippen LogP contribution in [0, 0.1) is 0 Å². The van der Waals surface area contributed by atoms with Crippen LogP contribution in [0.1, 0.15) is 123 Å². The fourth-order valence-electron chi connectivity index (χ4n) is 4.18. The van der Waals surface area contributed by atoms with Crippen LogP contribution < -0.4 is 0 Å². The van der Waals surface area contributed by atoms with Gasteiger partial charge in [-0.15, -0.1) is 0 Å². The molecule has 4 heteroatoms. The fourth-order valence-corrected chi connectivity index (χ4v) is 4.59. The molecule has 2 N–H and O–H groups in total. The van der Waals surface area contributed by atoms with Crippen LogP contribution in [-0.4, -0.2) is 9.79 Å². The summed E-state index contributed by atoms with van der Waals surface area (Å²) in [6.07, 6.45) is -0.572. The highest BCUT2D eigenvalue weighted by Crippen LogP contribution is 2.46. The molecule has 0 saturated heterocycles. The first-order valence-electron chi connectivity index (χ1n) is 11.9. The van der Waals surface area contributed by atoms with Gasteiger partial charge in [-0.3, -0.25) is 4.52 Å². The van der Waals surface area contributed by atoms with Crippen molar-refractivity contribution in [2.75, 3.05) is 0 Å². The summed E-state index contributed by atoms with van der Waals surface area (Å²) in [5, 5.41) is 0. The molecule has 0 radical (unpaired) electrons. The molecule has 0 fully saturated rings. The molecular weight excluding hydrogens is 427 g/mol. The van der Waals surface area contributed by atoms with Gasteiger partial charge < -0.3 is 9.79 Å². The van der Waals surface area contributed by atoms with E-state index >= 15 is 0 Å². The molecule has 3 nitrogen and oxygen atoms in total. The second-order valence-corrected chi connectivity index (χ2v) is 14.1. The summed E-state index contributed by atoms with van der Waals surface area (Å²) in [6, 6.07) is 13.1. The molecule has 0 atom stereocenters. The van der Waals surface area contributed by atoms with E-state index in [1.807, 2.05) is 0 Å². The Morgan fingerprint density at radius 2 is 0.909 bits per heavy atom. The normalized spacial score (nSPS) is 13.8. The molecule has 0 aromatic heterocycles. The Bertz CT molecular complexity index is 889. The van der Waals surface area contributed by atoms with Crippen LogP contribution in [0.2, 0.25) is 0 Å². The monoisotopic (exact) mass is 472 g/mol. The summed E-state index contributed by atoms with van der Waals surface area (Å²) in [5.41, 5.74) is 6.56. The maximum absolute atomic E-state index is 10.00. The standard InChI is InChI=1S/C29H45O3P/c1-26(2,3)19-13-15-21(23(17-19)28(7,8)9)25(32-33(30)31)22-16-14-20(27(4,5)6)18-24(22)29(10,11)12/h13-18,25,30-31H,1-12H3. The summed E-state index contributed by atoms with van der Waals surface area (Å²) in [4.78, 5) is 20.0. The Labute approximate surface area is 203 Å². The van der Waals surface area contributed by atoms with Crippen molar-refractivity contribution in [1.29, 1.82) is 0 Å². The highest BCUT2D eigenvalue weighted by Gasteiger charge is 2.32. The lowest BCUT2D eigenvalue weighted by Crippen LogP contribution is -2.23. The van der Waals surface area contributed by atoms with Gasteiger partial charge in [0.15, 0.2) is 0 Å². The third-order valence-electron chi connectivity index (χ3n) is 6.22. The van der Waals surface area contributed by atoms with Crippen LogP contribution >= 0.6 is 8.60 Å². The Morgan fingerprint density at radius 1 is 0.576 bits per heavy atom. The van der Waals surface area contributed by atoms with Crippen LogP contribution in [-0.2, 0) is 26.2 Å². The van der Waals surface area contributed by atoms with Gasteiger partial charge in [0.1, 0.15) is 6.10 Å². The van der Waals surface area contributed by atoms with Crippen molar-refractivity contribution in [2.24, 2.45) is 0 Å². The number of benzene rings is 2. The van der Waals surface area contributed by atoms with Crippen molar-refractivity contribution < 1.29 is 14.3 Å². The fraction of sp³-hybridized carbons (Fsp3) is 0.586. The van der Waals surface area contributed by atoms with Crippen molar-refractivity contribution >= 4 is 8.60 Å². The molecule has 0 amide bonds. The Morgan fingerprint density at radius 3 is 1.15 bits per heavy atom. The maximum atomic E-state index is 10.00. The molecule has 184 valence electrons. The van der Waals surface area contributed by atoms with Gasteiger partial charge >= 0.3 is 8.60 Å². The molecule has 0 aliphatic carbocycles. The number of rotatable bonds is 4. The Balaban J connectivity index is 2.87. The van der Waals surface area contributed by atoms with Gasteiger partial charge in [-0.05, 0) is 55.0 Å². The minimum absolute atomic E-state index is 0.0143. The predicted molar refractivity (Wildman–Crippen MR) is 142 cm³/mol. The van der Waals surface area contributed by atoms with Gasteiger partial charge in [0, 0.05) is 0 Å². The topological polar surface area (TPSA) is 49.7 Å². The van der Waals surface area contributed by atoms with Gasteiger partial charge in [-0.1, -0.05) is 119 Å². The lowest BCUT2D eigenvalue weighted by Gasteiger charge is -2.34. The largest absolute Gasteiger partial charge is 0.328 e. The van der Waals surface area contributed by atoms with E-state index in [0.29, 0.717) is 0 Å². The van der Waals surface area contributed by atoms with E-state index in [9.17, 15) is 9.79 Å². The van der Waals surface area contributed by atoms with E-state index in [0.717, 1.165) is 22.3 Å². The van der Waals surface area contributed by atoms with Gasteiger partial charge in [-0.2, -0.15) is 0 Å². The summed E-state index contributed by atoms with van der Waals surface area (Å²) in [6.45, 7) is 26.5. The maximum Gasteiger partial charge on any atom is 0.327 e. The summed E-state index contributed by atoms with van der Waals surface area (Å²) >= 11 is 0. The highest BCUT2D eigenvalue weighted by atomic mass is 31.2. The molecule has 0 bridgehead atoms. The van der Waals surface area contributed by atoms with Gasteiger partial charge in [-0.25, -0.2) is 0 Å². The molecule has 0 unspecified atom stereocenters. The van der Waals surface area contributed by atoms with Crippen LogP contribution in [0.15, 0.2) is 36.4 Å². The third-order valence-corrected chi connectivity index (χ3v) is 6.62. The average molecular weight is 473 g/mol. The van der Waals surface area contributed by atoms with E-state index < -0.39 is 14.7 Å². The minimum Gasteiger partial charge on any atom is -0.328 e. The lowest BCUT2D eigenvalue weighted by molar-refractivity contribution is 0.200. The van der Waals surface area contributed by atoms with Gasteiger partial charge in [0.2, 0.25) is 0 Å². The third kappa shape index (κ3) is 6.89. The predicted octanol–water partition coefficient (Wildman–Crippen LogP) is 8.19. The highest BCUT2D eigenvalue weighted by molar-refractivity contribution is 7.39. The Hall–Kier alpha value is -1.25. The van der Waals surface area contributed by atoms with Crippen molar-refractivity contribution in [3.8, 4) is 0 Å². The molecule has 2 aromatic carbocycles. The molecule has 33 heavy (non-hydrogen) atoms. The quantitative estimate of drug-likeness (QED) is 0.441. The van der Waals surface area contributed by atoms with Crippen molar-refractivity contribution in [1.82, 2.24) is 0 Å². The Kier molecular flexibility index (Phi) is 7.99. The van der Waals surface area contributed by atoms with Gasteiger partial charge in [0.25, 0.3) is 0 Å². The van der Waals surface area contributed by atoms with Crippen molar-refractivity contribution in [2.45, 2.75) is 111 Å². The lowest BCUT2D eigenvalue weighted by atomic mass is 9.74. The second kappa shape index (κ2) is 9.42. The van der Waals surface area contributed by atoms with Crippen molar-refractivity contribution in [3.63, 3.8) is 0 Å². The number of hydrogen-bond acceptors (Lipinski definition) is 3. The molecule has 0 aliphatic heterocycles. The SMILES string of the molecule is CC(C)(C)c1ccc(C(OP(O)O)c2ccc(C(C)(C)C)cc2C(C)(C)C)c(C(C)(C)C)c1. The zero-order valence-corrected chi connectivity index (χ0v) is 23.7. The zero-order valence-electron chi connectivity index (χ0n) is 22.8. The summed E-state index contributed by atoms with van der Waals surface area (Å²) in [5.74, 6) is 0. The van der Waals surface area contributed by atoms with E-state index in [1.54, 1.807) is 0 Å². The molecule has 0 heterocycles. The minimum atomic E-state index is -2.54. The summed E-state index contributed by atoms with van der Waals surface area (Å²) < 4.78 is 5.92. The van der Waals surface area contributed by atoms with Gasteiger partial charge in [0.05, 0.1) is 0 Å². The first-order chi connectivity index (χ1) is 14.7. The molecule has 0 spiro atoms. The van der Waals surface area contributed by atoms with Crippen LogP contribution in [0.3, 0.4) is 0 Å². The molecule has 0 saturated carbocycles. The average Bonchev–Trinajstić information content (AvgIpc) is 2.62. The van der Waals surface area contributed by atoms with E-state index in [-0.39, 0.29) is 21.7 Å². The van der Waals surface area contributed by atoms with Crippen LogP contribution in [0.4, 0.5) is 0 Å². The number of hydrogen-bond donors (Lipinski definition) is 2. The van der Waals surface area contributed by atoms with E-state index in [1.165, 1.54) is 11.1 Å². The first-order valence-corrected chi connectivity index (χ1v) is 13.0. The smallest absolute Gasteiger partial charge is 0.327 e. The zero-order chi connectivity index (χ0) is 25.6. The molecule has 2 rings (SSSR count). The van der Waals surface area contributed by atoms with Crippen LogP contribution in [0.25, 0.3) is 0 Å². The molecule has 0 aliphatic rings. The van der Waals surface area contributed by atoms with Crippen LogP contribution in [0.5, 0.6) is 0 Å². The van der Waals surface area contributed by atoms with E-state index in [2.05, 4.69) is 119 Å². The molecular formula is C29H45O3P. The first kappa shape index (κ1) is 28.0.